The molecule has 9 heteroatoms. The Labute approximate surface area is 264 Å². The van der Waals surface area contributed by atoms with Crippen molar-refractivity contribution in [3.8, 4) is 0 Å². The van der Waals surface area contributed by atoms with E-state index in [1.165, 1.54) is 25.7 Å². The minimum atomic E-state index is -0.920. The standard InChI is InChI=1S/4C8H16O2.Zn/c2*1-3-5-6-7(4-2)8(9)10;2*1-2-3-4-5-6-7-8(9)10;/h2*7H,3-6H2,1-2H3,(H,9,10);2*2-7H2,1H3,(H,9,10);/q;;;;+2/p-2. The maximum absolute atomic E-state index is 10.4. The maximum atomic E-state index is 10.4. The maximum Gasteiger partial charge on any atom is 2.00 e. The molecule has 41 heavy (non-hydrogen) atoms. The summed E-state index contributed by atoms with van der Waals surface area (Å²) in [6, 6.07) is 0. The van der Waals surface area contributed by atoms with Crippen LogP contribution in [0.1, 0.15) is 170 Å². The van der Waals surface area contributed by atoms with Gasteiger partial charge in [-0.05, 0) is 51.4 Å². The summed E-state index contributed by atoms with van der Waals surface area (Å²) < 4.78 is 0. The van der Waals surface area contributed by atoms with Gasteiger partial charge < -0.3 is 30.0 Å². The molecule has 2 unspecified atom stereocenters. The van der Waals surface area contributed by atoms with Gasteiger partial charge in [0.05, 0.1) is 11.8 Å². The van der Waals surface area contributed by atoms with Gasteiger partial charge in [0, 0.05) is 11.9 Å². The number of carboxylic acids is 4. The fourth-order valence-corrected chi connectivity index (χ4v) is 3.65. The quantitative estimate of drug-likeness (QED) is 0.0971. The molecule has 0 rings (SSSR count). The number of carboxylic acid groups (broad SMARTS) is 4. The number of carbonyl (C=O) groups is 4. The third-order valence-electron chi connectivity index (χ3n) is 6.47. The molecule has 0 fully saturated rings. The van der Waals surface area contributed by atoms with Crippen LogP contribution in [-0.2, 0) is 38.7 Å². The topological polar surface area (TPSA) is 155 Å². The summed E-state index contributed by atoms with van der Waals surface area (Å²) in [7, 11) is 0. The van der Waals surface area contributed by atoms with Gasteiger partial charge in [-0.2, -0.15) is 0 Å². The molecule has 0 heterocycles. The zero-order valence-corrected chi connectivity index (χ0v) is 30.3. The predicted molar refractivity (Wildman–Crippen MR) is 159 cm³/mol. The molecule has 0 bridgehead atoms. The van der Waals surface area contributed by atoms with Crippen LogP contribution in [0.25, 0.3) is 0 Å². The smallest absolute Gasteiger partial charge is 0.550 e. The van der Waals surface area contributed by atoms with E-state index < -0.39 is 23.9 Å². The predicted octanol–water partition coefficient (Wildman–Crippen LogP) is 6.77. The van der Waals surface area contributed by atoms with Gasteiger partial charge in [0.2, 0.25) is 0 Å². The van der Waals surface area contributed by atoms with E-state index in [1.54, 1.807) is 0 Å². The first-order chi connectivity index (χ1) is 19.0. The largest absolute Gasteiger partial charge is 2.00 e. The van der Waals surface area contributed by atoms with Crippen molar-refractivity contribution in [1.82, 2.24) is 0 Å². The molecule has 0 aliphatic heterocycles. The van der Waals surface area contributed by atoms with E-state index in [-0.39, 0.29) is 44.2 Å². The van der Waals surface area contributed by atoms with Crippen molar-refractivity contribution in [3.63, 3.8) is 0 Å². The number of hydrogen-bond donors (Lipinski definition) is 2. The van der Waals surface area contributed by atoms with Crippen molar-refractivity contribution < 1.29 is 59.1 Å². The van der Waals surface area contributed by atoms with Crippen molar-refractivity contribution in [3.05, 3.63) is 0 Å². The molecule has 2 N–H and O–H groups in total. The van der Waals surface area contributed by atoms with Crippen molar-refractivity contribution >= 4 is 23.9 Å². The van der Waals surface area contributed by atoms with Crippen LogP contribution in [0.15, 0.2) is 0 Å². The fraction of sp³-hybridized carbons (Fsp3) is 0.875. The monoisotopic (exact) mass is 638 g/mol. The van der Waals surface area contributed by atoms with E-state index in [9.17, 15) is 29.4 Å². The molecule has 2 atom stereocenters. The molecule has 0 aliphatic rings. The Morgan fingerprint density at radius 2 is 0.756 bits per heavy atom. The number of hydrogen-bond acceptors (Lipinski definition) is 6. The van der Waals surface area contributed by atoms with Crippen LogP contribution < -0.4 is 10.2 Å². The Morgan fingerprint density at radius 1 is 0.488 bits per heavy atom. The average Bonchev–Trinajstić information content (AvgIpc) is 2.90. The Hall–Kier alpha value is -1.50. The minimum absolute atomic E-state index is 0. The second-order valence-corrected chi connectivity index (χ2v) is 10.2. The number of aliphatic carboxylic acids is 4. The zero-order chi connectivity index (χ0) is 31.6. The van der Waals surface area contributed by atoms with Crippen molar-refractivity contribution in [2.45, 2.75) is 170 Å². The van der Waals surface area contributed by atoms with Crippen LogP contribution in [0.4, 0.5) is 0 Å². The van der Waals surface area contributed by atoms with Crippen LogP contribution >= 0.6 is 0 Å². The van der Waals surface area contributed by atoms with E-state index in [0.29, 0.717) is 0 Å². The first kappa shape index (κ1) is 49.2. The average molecular weight is 640 g/mol. The summed E-state index contributed by atoms with van der Waals surface area (Å²) in [5.41, 5.74) is 0. The van der Waals surface area contributed by atoms with E-state index >= 15 is 0 Å². The van der Waals surface area contributed by atoms with Gasteiger partial charge in [-0.3, -0.25) is 9.59 Å². The summed E-state index contributed by atoms with van der Waals surface area (Å²) in [6.07, 6.45) is 18.6. The molecule has 0 aromatic rings. The van der Waals surface area contributed by atoms with Crippen LogP contribution in [0.2, 0.25) is 0 Å². The van der Waals surface area contributed by atoms with Crippen molar-refractivity contribution in [2.75, 3.05) is 0 Å². The Balaban J connectivity index is -0.000000139. The molecule has 0 aliphatic carbocycles. The molecule has 0 saturated heterocycles. The van der Waals surface area contributed by atoms with E-state index in [2.05, 4.69) is 27.7 Å². The Morgan fingerprint density at radius 3 is 0.951 bits per heavy atom. The van der Waals surface area contributed by atoms with Crippen LogP contribution in [0, 0.1) is 11.8 Å². The molecular weight excluding hydrogens is 578 g/mol. The van der Waals surface area contributed by atoms with E-state index in [0.717, 1.165) is 89.9 Å². The van der Waals surface area contributed by atoms with Crippen molar-refractivity contribution in [2.24, 2.45) is 11.8 Å². The van der Waals surface area contributed by atoms with Gasteiger partial charge in [0.15, 0.2) is 0 Å². The second-order valence-electron chi connectivity index (χ2n) is 10.2. The third kappa shape index (κ3) is 48.6. The molecular formula is C32H62O8Zn. The fourth-order valence-electron chi connectivity index (χ4n) is 3.65. The van der Waals surface area contributed by atoms with Crippen molar-refractivity contribution in [1.29, 1.82) is 0 Å². The Bertz CT molecular complexity index is 534. The first-order valence-electron chi connectivity index (χ1n) is 15.8. The second kappa shape index (κ2) is 40.6. The minimum Gasteiger partial charge on any atom is -0.550 e. The first-order valence-corrected chi connectivity index (χ1v) is 15.8. The van der Waals surface area contributed by atoms with Crippen LogP contribution in [0.3, 0.4) is 0 Å². The molecule has 0 radical (unpaired) electrons. The normalized spacial score (nSPS) is 11.1. The number of carbonyl (C=O) groups excluding carboxylic acids is 2. The summed E-state index contributed by atoms with van der Waals surface area (Å²) in [6.45, 7) is 12.3. The molecule has 0 aromatic heterocycles. The van der Waals surface area contributed by atoms with Gasteiger partial charge in [-0.1, -0.05) is 119 Å². The summed E-state index contributed by atoms with van der Waals surface area (Å²) >= 11 is 0. The Kier molecular flexibility index (Phi) is 48.8. The summed E-state index contributed by atoms with van der Waals surface area (Å²) in [5, 5.41) is 37.0. The molecule has 0 amide bonds. The van der Waals surface area contributed by atoms with E-state index in [1.807, 2.05) is 13.8 Å². The van der Waals surface area contributed by atoms with E-state index in [4.69, 9.17) is 10.2 Å². The van der Waals surface area contributed by atoms with Gasteiger partial charge in [-0.15, -0.1) is 0 Å². The molecule has 0 spiro atoms. The number of unbranched alkanes of at least 4 members (excludes halogenated alkanes) is 10. The zero-order valence-electron chi connectivity index (χ0n) is 27.3. The molecule has 0 aromatic carbocycles. The third-order valence-corrected chi connectivity index (χ3v) is 6.47. The SMILES string of the molecule is CCCCC(CC)C(=O)O.CCCCC(CC)C(=O)O.CCCCCCCC(=O)[O-].CCCCCCCC(=O)[O-].[Zn+2]. The molecule has 8 nitrogen and oxygen atoms in total. The summed E-state index contributed by atoms with van der Waals surface area (Å²) in [5.74, 6) is -3.35. The molecule has 0 saturated carbocycles. The van der Waals surface area contributed by atoms with Gasteiger partial charge in [0.25, 0.3) is 0 Å². The van der Waals surface area contributed by atoms with Gasteiger partial charge in [0.1, 0.15) is 0 Å². The van der Waals surface area contributed by atoms with Gasteiger partial charge >= 0.3 is 31.4 Å². The summed E-state index contributed by atoms with van der Waals surface area (Å²) in [4.78, 5) is 40.7. The van der Waals surface area contributed by atoms with Crippen LogP contribution in [0.5, 0.6) is 0 Å². The molecule has 240 valence electrons. The van der Waals surface area contributed by atoms with Crippen LogP contribution in [-0.4, -0.2) is 34.1 Å². The number of rotatable bonds is 22. The van der Waals surface area contributed by atoms with Gasteiger partial charge in [-0.25, -0.2) is 0 Å².